The first-order valence-corrected chi connectivity index (χ1v) is 6.13. The van der Waals surface area contributed by atoms with Gasteiger partial charge in [0.2, 0.25) is 0 Å². The van der Waals surface area contributed by atoms with E-state index in [-0.39, 0.29) is 5.78 Å². The number of ether oxygens (including phenoxy) is 2. The molecule has 1 rings (SSSR count). The van der Waals surface area contributed by atoms with Crippen LogP contribution in [-0.2, 0) is 0 Å². The van der Waals surface area contributed by atoms with E-state index >= 15 is 0 Å². The first-order valence-electron chi connectivity index (χ1n) is 6.13. The summed E-state index contributed by atoms with van der Waals surface area (Å²) in [6.07, 6.45) is 0. The minimum absolute atomic E-state index is 0.0969. The lowest BCUT2D eigenvalue weighted by Crippen LogP contribution is -2.29. The highest BCUT2D eigenvalue weighted by Crippen LogP contribution is 2.27. The molecule has 0 N–H and O–H groups in total. The van der Waals surface area contributed by atoms with Gasteiger partial charge in [-0.25, -0.2) is 0 Å². The fourth-order valence-corrected chi connectivity index (χ4v) is 1.75. The quantitative estimate of drug-likeness (QED) is 0.697. The maximum atomic E-state index is 12.1. The number of hydrogen-bond acceptors (Lipinski definition) is 4. The van der Waals surface area contributed by atoms with E-state index in [1.165, 1.54) is 0 Å². The van der Waals surface area contributed by atoms with E-state index in [2.05, 4.69) is 4.90 Å². The summed E-state index contributed by atoms with van der Waals surface area (Å²) in [5.41, 5.74) is 0.652. The third kappa shape index (κ3) is 3.47. The van der Waals surface area contributed by atoms with E-state index in [1.807, 2.05) is 13.8 Å². The molecule has 0 heterocycles. The summed E-state index contributed by atoms with van der Waals surface area (Å²) < 4.78 is 10.3. The minimum Gasteiger partial charge on any atom is -0.493 e. The smallest absolute Gasteiger partial charge is 0.176 e. The lowest BCUT2D eigenvalue weighted by atomic mass is 10.1. The monoisotopic (exact) mass is 251 g/mol. The van der Waals surface area contributed by atoms with Gasteiger partial charge in [-0.3, -0.25) is 9.69 Å². The zero-order valence-corrected chi connectivity index (χ0v) is 11.5. The van der Waals surface area contributed by atoms with Gasteiger partial charge in [-0.15, -0.1) is 0 Å². The molecule has 0 aromatic heterocycles. The lowest BCUT2D eigenvalue weighted by Gasteiger charge is -2.17. The number of carbonyl (C=O) groups is 1. The number of nitrogens with zero attached hydrogens (tertiary/aromatic N) is 1. The Hall–Kier alpha value is -1.55. The van der Waals surface area contributed by atoms with E-state index in [4.69, 9.17) is 9.47 Å². The summed E-state index contributed by atoms with van der Waals surface area (Å²) in [5.74, 6) is 1.32. The first kappa shape index (κ1) is 14.5. The SMILES string of the molecule is CCN(CC)CC(=O)c1ccc(OC)c(OC)c1. The van der Waals surface area contributed by atoms with Crippen molar-refractivity contribution >= 4 is 5.78 Å². The molecule has 0 aliphatic heterocycles. The summed E-state index contributed by atoms with van der Waals surface area (Å²) in [7, 11) is 3.14. The van der Waals surface area contributed by atoms with Crippen molar-refractivity contribution in [2.24, 2.45) is 0 Å². The number of benzene rings is 1. The molecule has 0 amide bonds. The number of methoxy groups -OCH3 is 2. The standard InChI is InChI=1S/C14H21NO3/c1-5-15(6-2)10-12(16)11-7-8-13(17-3)14(9-11)18-4/h7-9H,5-6,10H2,1-4H3. The topological polar surface area (TPSA) is 38.8 Å². The predicted octanol–water partition coefficient (Wildman–Crippen LogP) is 2.23. The Bertz CT molecular complexity index is 400. The predicted molar refractivity (Wildman–Crippen MR) is 71.7 cm³/mol. The van der Waals surface area contributed by atoms with Gasteiger partial charge in [0.05, 0.1) is 20.8 Å². The second kappa shape index (κ2) is 7.01. The summed E-state index contributed by atoms with van der Waals surface area (Å²) in [4.78, 5) is 14.2. The average molecular weight is 251 g/mol. The van der Waals surface area contributed by atoms with Crippen LogP contribution in [-0.4, -0.2) is 44.5 Å². The molecule has 0 unspecified atom stereocenters. The number of carbonyl (C=O) groups excluding carboxylic acids is 1. The zero-order valence-electron chi connectivity index (χ0n) is 11.5. The van der Waals surface area contributed by atoms with Crippen LogP contribution in [0, 0.1) is 0 Å². The van der Waals surface area contributed by atoms with Gasteiger partial charge in [0.15, 0.2) is 17.3 Å². The van der Waals surface area contributed by atoms with Crippen LogP contribution in [0.1, 0.15) is 24.2 Å². The van der Waals surface area contributed by atoms with Crippen molar-refractivity contribution in [2.45, 2.75) is 13.8 Å². The Morgan fingerprint density at radius 3 is 2.22 bits per heavy atom. The maximum Gasteiger partial charge on any atom is 0.176 e. The second-order valence-corrected chi connectivity index (χ2v) is 3.95. The van der Waals surface area contributed by atoms with Crippen molar-refractivity contribution in [3.8, 4) is 11.5 Å². The van der Waals surface area contributed by atoms with E-state index in [9.17, 15) is 4.79 Å². The van der Waals surface area contributed by atoms with Crippen LogP contribution in [0.3, 0.4) is 0 Å². The minimum atomic E-state index is 0.0969. The molecule has 0 fully saturated rings. The summed E-state index contributed by atoms with van der Waals surface area (Å²) in [6.45, 7) is 6.27. The number of likely N-dealkylation sites (N-methyl/N-ethyl adjacent to an activating group) is 1. The van der Waals surface area contributed by atoms with Gasteiger partial charge in [-0.05, 0) is 31.3 Å². The van der Waals surface area contributed by atoms with Crippen molar-refractivity contribution < 1.29 is 14.3 Å². The van der Waals surface area contributed by atoms with Gasteiger partial charge >= 0.3 is 0 Å². The number of rotatable bonds is 7. The van der Waals surface area contributed by atoms with Crippen LogP contribution < -0.4 is 9.47 Å². The Kier molecular flexibility index (Phi) is 5.65. The van der Waals surface area contributed by atoms with Crippen molar-refractivity contribution in [1.29, 1.82) is 0 Å². The fraction of sp³-hybridized carbons (Fsp3) is 0.500. The van der Waals surface area contributed by atoms with Crippen molar-refractivity contribution in [1.82, 2.24) is 4.90 Å². The molecule has 0 bridgehead atoms. The highest BCUT2D eigenvalue weighted by molar-refractivity contribution is 5.98. The van der Waals surface area contributed by atoms with Gasteiger partial charge in [-0.2, -0.15) is 0 Å². The van der Waals surface area contributed by atoms with Gasteiger partial charge in [0, 0.05) is 5.56 Å². The number of ketones is 1. The molecule has 1 aromatic rings. The highest BCUT2D eigenvalue weighted by atomic mass is 16.5. The van der Waals surface area contributed by atoms with Crippen LogP contribution >= 0.6 is 0 Å². The Labute approximate surface area is 108 Å². The van der Waals surface area contributed by atoms with Crippen LogP contribution in [0.2, 0.25) is 0 Å². The molecule has 100 valence electrons. The molecule has 18 heavy (non-hydrogen) atoms. The second-order valence-electron chi connectivity index (χ2n) is 3.95. The zero-order chi connectivity index (χ0) is 13.5. The van der Waals surface area contributed by atoms with Crippen molar-refractivity contribution in [3.05, 3.63) is 23.8 Å². The van der Waals surface area contributed by atoms with E-state index in [0.29, 0.717) is 23.6 Å². The highest BCUT2D eigenvalue weighted by Gasteiger charge is 2.13. The third-order valence-corrected chi connectivity index (χ3v) is 2.97. The molecule has 0 saturated heterocycles. The van der Waals surface area contributed by atoms with Crippen molar-refractivity contribution in [3.63, 3.8) is 0 Å². The van der Waals surface area contributed by atoms with Gasteiger partial charge in [0.25, 0.3) is 0 Å². The van der Waals surface area contributed by atoms with Crippen LogP contribution in [0.15, 0.2) is 18.2 Å². The molecule has 0 saturated carbocycles. The van der Waals surface area contributed by atoms with E-state index < -0.39 is 0 Å². The Balaban J connectivity index is 2.86. The third-order valence-electron chi connectivity index (χ3n) is 2.97. The number of hydrogen-bond donors (Lipinski definition) is 0. The molecule has 0 atom stereocenters. The van der Waals surface area contributed by atoms with Gasteiger partial charge < -0.3 is 9.47 Å². The van der Waals surface area contributed by atoms with E-state index in [0.717, 1.165) is 13.1 Å². The van der Waals surface area contributed by atoms with Crippen molar-refractivity contribution in [2.75, 3.05) is 33.9 Å². The lowest BCUT2D eigenvalue weighted by molar-refractivity contribution is 0.0937. The Morgan fingerprint density at radius 1 is 1.11 bits per heavy atom. The van der Waals surface area contributed by atoms with Crippen LogP contribution in [0.25, 0.3) is 0 Å². The normalized spacial score (nSPS) is 10.5. The molecule has 1 aromatic carbocycles. The van der Waals surface area contributed by atoms with Crippen LogP contribution in [0.4, 0.5) is 0 Å². The molecule has 0 aliphatic carbocycles. The molecular weight excluding hydrogens is 230 g/mol. The van der Waals surface area contributed by atoms with Gasteiger partial charge in [-0.1, -0.05) is 13.8 Å². The summed E-state index contributed by atoms with van der Waals surface area (Å²) >= 11 is 0. The van der Waals surface area contributed by atoms with Crippen LogP contribution in [0.5, 0.6) is 11.5 Å². The summed E-state index contributed by atoms with van der Waals surface area (Å²) in [6, 6.07) is 5.26. The average Bonchev–Trinajstić information content (AvgIpc) is 2.43. The molecule has 4 nitrogen and oxygen atoms in total. The molecule has 0 radical (unpaired) electrons. The first-order chi connectivity index (χ1) is 8.65. The maximum absolute atomic E-state index is 12.1. The molecule has 0 aliphatic rings. The number of Topliss-reactive ketones (excluding diaryl/α,β-unsaturated/α-hetero) is 1. The molecule has 4 heteroatoms. The summed E-state index contributed by atoms with van der Waals surface area (Å²) in [5, 5.41) is 0. The molecule has 0 spiro atoms. The fourth-order valence-electron chi connectivity index (χ4n) is 1.75. The largest absolute Gasteiger partial charge is 0.493 e. The van der Waals surface area contributed by atoms with E-state index in [1.54, 1.807) is 32.4 Å². The Morgan fingerprint density at radius 2 is 1.72 bits per heavy atom. The van der Waals surface area contributed by atoms with Gasteiger partial charge in [0.1, 0.15) is 0 Å². The molecular formula is C14H21NO3.